The van der Waals surface area contributed by atoms with Gasteiger partial charge in [0.1, 0.15) is 0 Å². The predicted molar refractivity (Wildman–Crippen MR) is 80.8 cm³/mol. The van der Waals surface area contributed by atoms with Gasteiger partial charge in [-0.25, -0.2) is 0 Å². The standard InChI is InChI=1S/C13H7Cl4NO/c14-6-4-8(16)11(9(17)5-6)13(19)12-7(15)2-1-3-10(12)18/h1-5H,18H2. The van der Waals surface area contributed by atoms with E-state index in [2.05, 4.69) is 0 Å². The van der Waals surface area contributed by atoms with Crippen LogP contribution in [0.3, 0.4) is 0 Å². The summed E-state index contributed by atoms with van der Waals surface area (Å²) in [5.41, 5.74) is 6.34. The summed E-state index contributed by atoms with van der Waals surface area (Å²) in [6, 6.07) is 7.68. The van der Waals surface area contributed by atoms with Gasteiger partial charge < -0.3 is 5.73 Å². The van der Waals surface area contributed by atoms with Crippen molar-refractivity contribution in [1.82, 2.24) is 0 Å². The normalized spacial score (nSPS) is 10.5. The number of nitrogen functional groups attached to an aromatic ring is 1. The van der Waals surface area contributed by atoms with Crippen molar-refractivity contribution in [1.29, 1.82) is 0 Å². The van der Waals surface area contributed by atoms with Crippen molar-refractivity contribution in [3.8, 4) is 0 Å². The van der Waals surface area contributed by atoms with Crippen LogP contribution in [0.25, 0.3) is 0 Å². The molecular weight excluding hydrogens is 328 g/mol. The summed E-state index contributed by atoms with van der Waals surface area (Å²) in [5, 5.41) is 0.898. The SMILES string of the molecule is Nc1cccc(Cl)c1C(=O)c1c(Cl)cc(Cl)cc1Cl. The molecule has 0 aromatic heterocycles. The van der Waals surface area contributed by atoms with Crippen LogP contribution in [0.1, 0.15) is 15.9 Å². The van der Waals surface area contributed by atoms with E-state index in [1.807, 2.05) is 0 Å². The summed E-state index contributed by atoms with van der Waals surface area (Å²) in [6.45, 7) is 0. The number of hydrogen-bond donors (Lipinski definition) is 1. The van der Waals surface area contributed by atoms with Crippen LogP contribution in [0.15, 0.2) is 30.3 Å². The van der Waals surface area contributed by atoms with Gasteiger partial charge >= 0.3 is 0 Å². The molecular formula is C13H7Cl4NO. The highest BCUT2D eigenvalue weighted by Gasteiger charge is 2.21. The molecule has 0 spiro atoms. The predicted octanol–water partition coefficient (Wildman–Crippen LogP) is 5.11. The Balaban J connectivity index is 2.64. The van der Waals surface area contributed by atoms with Gasteiger partial charge in [-0.3, -0.25) is 4.79 Å². The molecule has 98 valence electrons. The van der Waals surface area contributed by atoms with Crippen LogP contribution in [-0.2, 0) is 0 Å². The van der Waals surface area contributed by atoms with Crippen molar-refractivity contribution < 1.29 is 4.79 Å². The van der Waals surface area contributed by atoms with Crippen molar-refractivity contribution in [2.75, 3.05) is 5.73 Å². The maximum absolute atomic E-state index is 12.5. The van der Waals surface area contributed by atoms with E-state index >= 15 is 0 Å². The summed E-state index contributed by atoms with van der Waals surface area (Å²) in [4.78, 5) is 12.5. The van der Waals surface area contributed by atoms with Crippen molar-refractivity contribution in [2.45, 2.75) is 0 Å². The van der Waals surface area contributed by atoms with Crippen LogP contribution >= 0.6 is 46.4 Å². The average molecular weight is 335 g/mol. The Morgan fingerprint density at radius 2 is 1.47 bits per heavy atom. The molecule has 0 aliphatic heterocycles. The fourth-order valence-corrected chi connectivity index (χ4v) is 2.92. The highest BCUT2D eigenvalue weighted by Crippen LogP contribution is 2.33. The minimum Gasteiger partial charge on any atom is -0.398 e. The van der Waals surface area contributed by atoms with Gasteiger partial charge in [0.05, 0.1) is 26.2 Å². The number of hydrogen-bond acceptors (Lipinski definition) is 2. The molecule has 0 aliphatic carbocycles. The maximum Gasteiger partial charge on any atom is 0.199 e. The minimum absolute atomic E-state index is 0.132. The van der Waals surface area contributed by atoms with E-state index in [0.29, 0.717) is 5.02 Å². The molecule has 2 aromatic carbocycles. The molecule has 6 heteroatoms. The number of halogens is 4. The first-order chi connectivity index (χ1) is 8.91. The lowest BCUT2D eigenvalue weighted by molar-refractivity contribution is 0.104. The van der Waals surface area contributed by atoms with Gasteiger partial charge in [-0.2, -0.15) is 0 Å². The molecule has 2 rings (SSSR count). The van der Waals surface area contributed by atoms with Crippen molar-refractivity contribution >= 4 is 57.9 Å². The Morgan fingerprint density at radius 1 is 0.895 bits per heavy atom. The second-order valence-corrected chi connectivity index (χ2v) is 5.44. The third-order valence-electron chi connectivity index (χ3n) is 2.51. The molecule has 2 nitrogen and oxygen atoms in total. The van der Waals surface area contributed by atoms with Gasteiger partial charge in [-0.1, -0.05) is 52.5 Å². The first-order valence-electron chi connectivity index (χ1n) is 5.15. The molecule has 0 fully saturated rings. The molecule has 2 aromatic rings. The number of carbonyl (C=O) groups excluding carboxylic acids is 1. The first kappa shape index (κ1) is 14.5. The summed E-state index contributed by atoms with van der Waals surface area (Å²) >= 11 is 23.8. The van der Waals surface area contributed by atoms with E-state index in [0.717, 1.165) is 0 Å². The highest BCUT2D eigenvalue weighted by molar-refractivity contribution is 6.44. The topological polar surface area (TPSA) is 43.1 Å². The molecule has 0 amide bonds. The number of benzene rings is 2. The molecule has 0 saturated carbocycles. The Bertz CT molecular complexity index is 626. The zero-order valence-electron chi connectivity index (χ0n) is 9.38. The maximum atomic E-state index is 12.5. The highest BCUT2D eigenvalue weighted by atomic mass is 35.5. The van der Waals surface area contributed by atoms with Gasteiger partial charge in [0.25, 0.3) is 0 Å². The summed E-state index contributed by atoms with van der Waals surface area (Å²) in [7, 11) is 0. The van der Waals surface area contributed by atoms with Crippen LogP contribution in [0.4, 0.5) is 5.69 Å². The first-order valence-corrected chi connectivity index (χ1v) is 6.66. The zero-order chi connectivity index (χ0) is 14.2. The number of nitrogens with two attached hydrogens (primary N) is 1. The van der Waals surface area contributed by atoms with Gasteiger partial charge in [0, 0.05) is 10.7 Å². The van der Waals surface area contributed by atoms with Crippen molar-refractivity contribution in [3.63, 3.8) is 0 Å². The smallest absolute Gasteiger partial charge is 0.199 e. The number of rotatable bonds is 2. The van der Waals surface area contributed by atoms with Gasteiger partial charge in [0.15, 0.2) is 5.78 Å². The Kier molecular flexibility index (Phi) is 4.26. The minimum atomic E-state index is -0.435. The largest absolute Gasteiger partial charge is 0.398 e. The molecule has 0 atom stereocenters. The Hall–Kier alpha value is -0.930. The summed E-state index contributed by atoms with van der Waals surface area (Å²) < 4.78 is 0. The zero-order valence-corrected chi connectivity index (χ0v) is 12.4. The fraction of sp³-hybridized carbons (Fsp3) is 0. The molecule has 0 unspecified atom stereocenters. The molecule has 0 heterocycles. The monoisotopic (exact) mass is 333 g/mol. The fourth-order valence-electron chi connectivity index (χ4n) is 1.66. The Labute approximate surface area is 130 Å². The molecule has 0 radical (unpaired) electrons. The van der Waals surface area contributed by atoms with Crippen LogP contribution in [0.2, 0.25) is 20.1 Å². The van der Waals surface area contributed by atoms with Gasteiger partial charge in [0.2, 0.25) is 0 Å². The average Bonchev–Trinajstić information content (AvgIpc) is 2.26. The lowest BCUT2D eigenvalue weighted by Crippen LogP contribution is -2.07. The van der Waals surface area contributed by atoms with Crippen LogP contribution in [-0.4, -0.2) is 5.78 Å². The summed E-state index contributed by atoms with van der Waals surface area (Å²) in [5.74, 6) is -0.435. The van der Waals surface area contributed by atoms with Crippen molar-refractivity contribution in [2.24, 2.45) is 0 Å². The van der Waals surface area contributed by atoms with Crippen LogP contribution in [0.5, 0.6) is 0 Å². The third-order valence-corrected chi connectivity index (χ3v) is 3.64. The van der Waals surface area contributed by atoms with E-state index in [-0.39, 0.29) is 31.9 Å². The van der Waals surface area contributed by atoms with E-state index in [1.54, 1.807) is 18.2 Å². The van der Waals surface area contributed by atoms with Gasteiger partial charge in [-0.05, 0) is 24.3 Å². The Morgan fingerprint density at radius 3 is 2.00 bits per heavy atom. The second-order valence-electron chi connectivity index (χ2n) is 3.78. The summed E-state index contributed by atoms with van der Waals surface area (Å²) in [6.07, 6.45) is 0. The second kappa shape index (κ2) is 5.59. The molecule has 0 aliphatic rings. The molecule has 0 saturated heterocycles. The lowest BCUT2D eigenvalue weighted by Gasteiger charge is -2.10. The van der Waals surface area contributed by atoms with E-state index in [9.17, 15) is 4.79 Å². The number of ketones is 1. The third kappa shape index (κ3) is 2.82. The lowest BCUT2D eigenvalue weighted by atomic mass is 10.0. The van der Waals surface area contributed by atoms with E-state index < -0.39 is 5.78 Å². The van der Waals surface area contributed by atoms with E-state index in [1.165, 1.54) is 12.1 Å². The number of anilines is 1. The van der Waals surface area contributed by atoms with Gasteiger partial charge in [-0.15, -0.1) is 0 Å². The van der Waals surface area contributed by atoms with E-state index in [4.69, 9.17) is 52.1 Å². The quantitative estimate of drug-likeness (QED) is 0.612. The number of carbonyl (C=O) groups is 1. The van der Waals surface area contributed by atoms with Crippen LogP contribution in [0, 0.1) is 0 Å². The molecule has 0 bridgehead atoms. The molecule has 2 N–H and O–H groups in total. The van der Waals surface area contributed by atoms with Crippen LogP contribution < -0.4 is 5.73 Å². The van der Waals surface area contributed by atoms with Crippen molar-refractivity contribution in [3.05, 3.63) is 61.5 Å². The molecule has 19 heavy (non-hydrogen) atoms.